The number of para-hydroxylation sites is 6. The predicted octanol–water partition coefficient (Wildman–Crippen LogP) is 19.1. The van der Waals surface area contributed by atoms with E-state index >= 15 is 0 Å². The van der Waals surface area contributed by atoms with Crippen LogP contribution < -0.4 is 14.7 Å². The van der Waals surface area contributed by atoms with Crippen LogP contribution in [0.4, 0.5) is 51.2 Å². The van der Waals surface area contributed by atoms with Crippen molar-refractivity contribution in [3.05, 3.63) is 342 Å². The number of fused-ring (bicyclic) bond motifs is 18. The van der Waals surface area contributed by atoms with Crippen LogP contribution in [0.3, 0.4) is 0 Å². The molecule has 2 spiro atoms. The summed E-state index contributed by atoms with van der Waals surface area (Å²) >= 11 is 0. The lowest BCUT2D eigenvalue weighted by Gasteiger charge is -2.45. The molecule has 12 aromatic rings. The lowest BCUT2D eigenvalue weighted by atomic mass is 9.64. The van der Waals surface area contributed by atoms with Gasteiger partial charge in [0.2, 0.25) is 0 Å². The minimum atomic E-state index is -0.609. The highest BCUT2D eigenvalue weighted by atomic mass is 15.2. The maximum absolute atomic E-state index is 2.51. The van der Waals surface area contributed by atoms with Crippen molar-refractivity contribution in [2.75, 3.05) is 14.7 Å². The van der Waals surface area contributed by atoms with Gasteiger partial charge < -0.3 is 14.7 Å². The summed E-state index contributed by atoms with van der Waals surface area (Å²) in [5, 5.41) is 0. The van der Waals surface area contributed by atoms with E-state index in [1.165, 1.54) is 101 Å². The highest BCUT2D eigenvalue weighted by molar-refractivity contribution is 6.00. The molecule has 0 amide bonds. The number of benzene rings is 12. The molecule has 360 valence electrons. The second kappa shape index (κ2) is 16.8. The molecule has 0 saturated heterocycles. The molecule has 0 atom stereocenters. The van der Waals surface area contributed by atoms with Gasteiger partial charge in [-0.25, -0.2) is 0 Å². The van der Waals surface area contributed by atoms with Crippen molar-refractivity contribution < 1.29 is 0 Å². The lowest BCUT2D eigenvalue weighted by Crippen LogP contribution is -2.36. The first-order chi connectivity index (χ1) is 38.2. The predicted molar refractivity (Wildman–Crippen MR) is 318 cm³/mol. The zero-order chi connectivity index (χ0) is 50.7. The molecule has 3 heteroatoms. The van der Waals surface area contributed by atoms with Gasteiger partial charge in [-0.2, -0.15) is 0 Å². The fraction of sp³-hybridized carbons (Fsp3) is 0.0270. The Balaban J connectivity index is 0.936. The van der Waals surface area contributed by atoms with E-state index in [1.807, 2.05) is 0 Å². The minimum Gasteiger partial charge on any atom is -0.310 e. The topological polar surface area (TPSA) is 9.72 Å². The van der Waals surface area contributed by atoms with Crippen molar-refractivity contribution in [2.45, 2.75) is 10.8 Å². The van der Waals surface area contributed by atoms with Crippen LogP contribution in [0.2, 0.25) is 0 Å². The summed E-state index contributed by atoms with van der Waals surface area (Å²) in [5.74, 6) is 0. The molecule has 0 N–H and O–H groups in total. The summed E-state index contributed by atoms with van der Waals surface area (Å²) in [4.78, 5) is 7.40. The minimum absolute atomic E-state index is 0.563. The molecule has 0 bridgehead atoms. The molecule has 2 heterocycles. The van der Waals surface area contributed by atoms with E-state index < -0.39 is 10.8 Å². The Bertz CT molecular complexity index is 4200. The number of hydrogen-bond donors (Lipinski definition) is 0. The third-order valence-electron chi connectivity index (χ3n) is 17.0. The van der Waals surface area contributed by atoms with Crippen molar-refractivity contribution >= 4 is 51.2 Å². The van der Waals surface area contributed by atoms with Gasteiger partial charge in [0.15, 0.2) is 0 Å². The summed E-state index contributed by atoms with van der Waals surface area (Å²) in [5.41, 5.74) is 26.8. The van der Waals surface area contributed by atoms with E-state index in [2.05, 4.69) is 312 Å². The van der Waals surface area contributed by atoms with Crippen LogP contribution in [0.1, 0.15) is 44.5 Å². The first-order valence-corrected chi connectivity index (χ1v) is 26.8. The molecular formula is C74H49N3. The zero-order valence-corrected chi connectivity index (χ0v) is 42.1. The highest BCUT2D eigenvalue weighted by Gasteiger charge is 2.53. The molecule has 77 heavy (non-hydrogen) atoms. The van der Waals surface area contributed by atoms with Gasteiger partial charge in [-0.3, -0.25) is 0 Å². The smallest absolute Gasteiger partial charge is 0.0755 e. The van der Waals surface area contributed by atoms with Gasteiger partial charge in [0.05, 0.1) is 33.6 Å². The van der Waals surface area contributed by atoms with Crippen molar-refractivity contribution in [1.82, 2.24) is 0 Å². The van der Waals surface area contributed by atoms with Crippen LogP contribution in [0.25, 0.3) is 33.4 Å². The Kier molecular flexibility index (Phi) is 9.47. The summed E-state index contributed by atoms with van der Waals surface area (Å²) < 4.78 is 0. The van der Waals surface area contributed by atoms with Gasteiger partial charge in [0, 0.05) is 28.4 Å². The van der Waals surface area contributed by atoms with Gasteiger partial charge in [-0.05, 0) is 163 Å². The molecule has 2 aliphatic heterocycles. The van der Waals surface area contributed by atoms with E-state index in [-0.39, 0.29) is 0 Å². The molecule has 2 aliphatic carbocycles. The zero-order valence-electron chi connectivity index (χ0n) is 42.1. The first kappa shape index (κ1) is 43.4. The van der Waals surface area contributed by atoms with Gasteiger partial charge in [-0.1, -0.05) is 212 Å². The molecular weight excluding hydrogens is 931 g/mol. The van der Waals surface area contributed by atoms with Gasteiger partial charge in [0.1, 0.15) is 0 Å². The maximum Gasteiger partial charge on any atom is 0.0755 e. The van der Waals surface area contributed by atoms with Gasteiger partial charge >= 0.3 is 0 Å². The van der Waals surface area contributed by atoms with Crippen LogP contribution >= 0.6 is 0 Å². The van der Waals surface area contributed by atoms with Crippen LogP contribution in [0, 0.1) is 0 Å². The van der Waals surface area contributed by atoms with Crippen molar-refractivity contribution in [2.24, 2.45) is 0 Å². The summed E-state index contributed by atoms with van der Waals surface area (Å²) in [6.45, 7) is 0. The maximum atomic E-state index is 2.51. The summed E-state index contributed by atoms with van der Waals surface area (Å²) in [6, 6.07) is 111. The number of hydrogen-bond acceptors (Lipinski definition) is 3. The van der Waals surface area contributed by atoms with Crippen molar-refractivity contribution in [1.29, 1.82) is 0 Å². The Morgan fingerprint density at radius 3 is 1.06 bits per heavy atom. The van der Waals surface area contributed by atoms with Gasteiger partial charge in [0.25, 0.3) is 0 Å². The normalized spacial score (nSPS) is 14.1. The summed E-state index contributed by atoms with van der Waals surface area (Å²) in [7, 11) is 0. The van der Waals surface area contributed by atoms with E-state index in [0.29, 0.717) is 0 Å². The molecule has 0 saturated carbocycles. The van der Waals surface area contributed by atoms with Crippen LogP contribution in [-0.2, 0) is 10.8 Å². The molecule has 0 unspecified atom stereocenters. The average molecular weight is 980 g/mol. The van der Waals surface area contributed by atoms with E-state index in [0.717, 1.165) is 28.4 Å². The molecule has 3 nitrogen and oxygen atoms in total. The monoisotopic (exact) mass is 979 g/mol. The van der Waals surface area contributed by atoms with Crippen molar-refractivity contribution in [3.8, 4) is 33.4 Å². The van der Waals surface area contributed by atoms with E-state index in [4.69, 9.17) is 0 Å². The third kappa shape index (κ3) is 6.02. The Morgan fingerprint density at radius 2 is 0.558 bits per heavy atom. The van der Waals surface area contributed by atoms with Crippen LogP contribution in [0.5, 0.6) is 0 Å². The van der Waals surface area contributed by atoms with Gasteiger partial charge in [-0.15, -0.1) is 0 Å². The number of rotatable bonds is 6. The molecule has 16 rings (SSSR count). The molecule has 0 fully saturated rings. The highest BCUT2D eigenvalue weighted by Crippen LogP contribution is 2.66. The lowest BCUT2D eigenvalue weighted by molar-refractivity contribution is 0.752. The number of anilines is 9. The second-order valence-electron chi connectivity index (χ2n) is 20.7. The fourth-order valence-electron chi connectivity index (χ4n) is 14.1. The van der Waals surface area contributed by atoms with Crippen LogP contribution in [0.15, 0.2) is 297 Å². The Labute approximate surface area is 449 Å². The Hall–Kier alpha value is -9.96. The Morgan fingerprint density at radius 1 is 0.221 bits per heavy atom. The van der Waals surface area contributed by atoms with E-state index in [9.17, 15) is 0 Å². The average Bonchev–Trinajstić information content (AvgIpc) is 4.10. The molecule has 4 aliphatic rings. The SMILES string of the molecule is c1ccc(-c2ccc(N(c3ccc4c(c3)-c3ccccc3C43c4ccccc4N(c4ccccc4)c4ccccc43)c3ccc4c(c3)C3(c5ccccc5-4)c4ccccc4N(c4ccccc4)c4ccccc43)cc2)cc1. The number of nitrogens with zero attached hydrogens (tertiary/aromatic N) is 3. The fourth-order valence-corrected chi connectivity index (χ4v) is 14.1. The van der Waals surface area contributed by atoms with Crippen molar-refractivity contribution in [3.63, 3.8) is 0 Å². The van der Waals surface area contributed by atoms with Crippen LogP contribution in [-0.4, -0.2) is 0 Å². The standard InChI is InChI=1S/C74H49N3/c1-4-22-50(23-5-1)51-40-42-54(43-41-51)75(55-45-47-63-60(48-55)58-29-11-13-31-62(58)73(63)64-32-14-18-36-69(64)76(52-24-6-2-7-25-52)70-37-19-15-33-65(70)73)56-44-46-59-57-28-10-12-30-61(57)74(68(59)49-56)66-34-16-20-38-71(66)77(53-26-8-3-9-27-53)72-39-21-17-35-67(72)74/h1-49H. The molecule has 12 aromatic carbocycles. The quantitative estimate of drug-likeness (QED) is 0.164. The molecule has 0 radical (unpaired) electrons. The van der Waals surface area contributed by atoms with E-state index in [1.54, 1.807) is 0 Å². The second-order valence-corrected chi connectivity index (χ2v) is 20.7. The molecule has 0 aromatic heterocycles. The third-order valence-corrected chi connectivity index (χ3v) is 17.0. The first-order valence-electron chi connectivity index (χ1n) is 26.8. The summed E-state index contributed by atoms with van der Waals surface area (Å²) in [6.07, 6.45) is 0. The largest absolute Gasteiger partial charge is 0.310 e.